The van der Waals surface area contributed by atoms with E-state index in [1.165, 1.54) is 11.1 Å². The summed E-state index contributed by atoms with van der Waals surface area (Å²) in [6.07, 6.45) is 0.958. The van der Waals surface area contributed by atoms with E-state index in [2.05, 4.69) is 83.3 Å². The van der Waals surface area contributed by atoms with Crippen molar-refractivity contribution in [2.45, 2.75) is 32.0 Å². The van der Waals surface area contributed by atoms with E-state index >= 15 is 0 Å². The minimum absolute atomic E-state index is 0.125. The second-order valence-corrected chi connectivity index (χ2v) is 6.38. The maximum Gasteiger partial charge on any atom is 0.0499 e. The fraction of sp³-hybridized carbons (Fsp3) is 0.333. The molecular formula is C18H23BrN2. The molecule has 0 aliphatic rings. The van der Waals surface area contributed by atoms with Crippen molar-refractivity contribution >= 4 is 15.9 Å². The van der Waals surface area contributed by atoms with Gasteiger partial charge in [-0.3, -0.25) is 4.90 Å². The molecule has 0 radical (unpaired) electrons. The molecule has 0 bridgehead atoms. The van der Waals surface area contributed by atoms with E-state index in [1.807, 2.05) is 6.07 Å². The molecule has 2 aromatic rings. The molecule has 0 saturated carbocycles. The largest absolute Gasteiger partial charge is 0.326 e. The van der Waals surface area contributed by atoms with Crippen molar-refractivity contribution in [3.63, 3.8) is 0 Å². The number of hydrogen-bond acceptors (Lipinski definition) is 2. The van der Waals surface area contributed by atoms with Crippen LogP contribution in [0.2, 0.25) is 0 Å². The molecule has 2 N–H and O–H groups in total. The summed E-state index contributed by atoms with van der Waals surface area (Å²) in [6, 6.07) is 19.4. The summed E-state index contributed by atoms with van der Waals surface area (Å²) in [7, 11) is 2.15. The SMILES string of the molecule is CCC(N)C(c1ccc(Br)cc1)N(C)Cc1ccccc1. The van der Waals surface area contributed by atoms with Crippen LogP contribution in [0, 0.1) is 0 Å². The molecule has 0 aliphatic carbocycles. The van der Waals surface area contributed by atoms with Crippen LogP contribution in [0.5, 0.6) is 0 Å². The first-order chi connectivity index (χ1) is 10.1. The predicted octanol–water partition coefficient (Wildman–Crippen LogP) is 4.36. The Kier molecular flexibility index (Phi) is 5.97. The van der Waals surface area contributed by atoms with Crippen LogP contribution >= 0.6 is 15.9 Å². The second kappa shape index (κ2) is 7.74. The van der Waals surface area contributed by atoms with Gasteiger partial charge in [0.15, 0.2) is 0 Å². The second-order valence-electron chi connectivity index (χ2n) is 5.47. The van der Waals surface area contributed by atoms with Crippen molar-refractivity contribution in [2.75, 3.05) is 7.05 Å². The molecule has 2 rings (SSSR count). The van der Waals surface area contributed by atoms with Gasteiger partial charge in [0, 0.05) is 23.1 Å². The third-order valence-electron chi connectivity index (χ3n) is 3.84. The summed E-state index contributed by atoms with van der Waals surface area (Å²) in [5.41, 5.74) is 8.97. The molecule has 0 fully saturated rings. The Balaban J connectivity index is 2.21. The lowest BCUT2D eigenvalue weighted by Crippen LogP contribution is -2.38. The maximum atomic E-state index is 6.39. The van der Waals surface area contributed by atoms with Gasteiger partial charge in [-0.15, -0.1) is 0 Å². The predicted molar refractivity (Wildman–Crippen MR) is 93.1 cm³/mol. The molecule has 0 aliphatic heterocycles. The van der Waals surface area contributed by atoms with Gasteiger partial charge in [0.25, 0.3) is 0 Å². The van der Waals surface area contributed by atoms with Gasteiger partial charge in [0.05, 0.1) is 0 Å². The number of benzene rings is 2. The Morgan fingerprint density at radius 3 is 2.24 bits per heavy atom. The summed E-state index contributed by atoms with van der Waals surface area (Å²) in [5, 5.41) is 0. The summed E-state index contributed by atoms with van der Waals surface area (Å²) < 4.78 is 1.10. The fourth-order valence-electron chi connectivity index (χ4n) is 2.68. The lowest BCUT2D eigenvalue weighted by atomic mass is 9.96. The Hall–Kier alpha value is -1.16. The molecule has 3 heteroatoms. The summed E-state index contributed by atoms with van der Waals surface area (Å²) >= 11 is 3.49. The van der Waals surface area contributed by atoms with E-state index in [9.17, 15) is 0 Å². The van der Waals surface area contributed by atoms with Crippen molar-refractivity contribution in [2.24, 2.45) is 5.73 Å². The minimum Gasteiger partial charge on any atom is -0.326 e. The Labute approximate surface area is 136 Å². The van der Waals surface area contributed by atoms with Crippen molar-refractivity contribution in [1.82, 2.24) is 4.90 Å². The number of hydrogen-bond donors (Lipinski definition) is 1. The molecule has 112 valence electrons. The van der Waals surface area contributed by atoms with Crippen LogP contribution in [0.4, 0.5) is 0 Å². The van der Waals surface area contributed by atoms with Gasteiger partial charge in [-0.1, -0.05) is 65.3 Å². The molecule has 0 heterocycles. The monoisotopic (exact) mass is 346 g/mol. The van der Waals surface area contributed by atoms with Crippen molar-refractivity contribution < 1.29 is 0 Å². The van der Waals surface area contributed by atoms with E-state index in [0.29, 0.717) is 0 Å². The molecule has 21 heavy (non-hydrogen) atoms. The molecule has 0 spiro atoms. The van der Waals surface area contributed by atoms with Crippen molar-refractivity contribution in [3.05, 3.63) is 70.2 Å². The van der Waals surface area contributed by atoms with Crippen LogP contribution in [0.15, 0.2) is 59.1 Å². The van der Waals surface area contributed by atoms with E-state index in [4.69, 9.17) is 5.73 Å². The number of nitrogens with zero attached hydrogens (tertiary/aromatic N) is 1. The van der Waals surface area contributed by atoms with E-state index in [-0.39, 0.29) is 12.1 Å². The highest BCUT2D eigenvalue weighted by molar-refractivity contribution is 9.10. The van der Waals surface area contributed by atoms with Crippen LogP contribution in [0.1, 0.15) is 30.5 Å². The number of rotatable bonds is 6. The molecule has 2 atom stereocenters. The zero-order chi connectivity index (χ0) is 15.2. The smallest absolute Gasteiger partial charge is 0.0499 e. The van der Waals surface area contributed by atoms with Crippen LogP contribution in [0.3, 0.4) is 0 Å². The number of nitrogens with two attached hydrogens (primary N) is 1. The average molecular weight is 347 g/mol. The molecule has 2 unspecified atom stereocenters. The van der Waals surface area contributed by atoms with Crippen LogP contribution < -0.4 is 5.73 Å². The van der Waals surface area contributed by atoms with Crippen LogP contribution in [0.25, 0.3) is 0 Å². The highest BCUT2D eigenvalue weighted by Gasteiger charge is 2.23. The Bertz CT molecular complexity index is 539. The lowest BCUT2D eigenvalue weighted by Gasteiger charge is -2.33. The third-order valence-corrected chi connectivity index (χ3v) is 4.37. The van der Waals surface area contributed by atoms with Gasteiger partial charge >= 0.3 is 0 Å². The normalized spacial score (nSPS) is 14.1. The van der Waals surface area contributed by atoms with Crippen molar-refractivity contribution in [1.29, 1.82) is 0 Å². The highest BCUT2D eigenvalue weighted by atomic mass is 79.9. The van der Waals surface area contributed by atoms with Crippen molar-refractivity contribution in [3.8, 4) is 0 Å². The van der Waals surface area contributed by atoms with Crippen LogP contribution in [-0.2, 0) is 6.54 Å². The average Bonchev–Trinajstić information content (AvgIpc) is 2.50. The molecule has 2 aromatic carbocycles. The Morgan fingerprint density at radius 1 is 1.05 bits per heavy atom. The third kappa shape index (κ3) is 4.40. The highest BCUT2D eigenvalue weighted by Crippen LogP contribution is 2.26. The van der Waals surface area contributed by atoms with Gasteiger partial charge in [-0.05, 0) is 36.7 Å². The number of likely N-dealkylation sites (N-methyl/N-ethyl adjacent to an activating group) is 1. The first kappa shape index (κ1) is 16.2. The quantitative estimate of drug-likeness (QED) is 0.841. The molecule has 2 nitrogen and oxygen atoms in total. The molecule has 0 saturated heterocycles. The number of halogens is 1. The zero-order valence-electron chi connectivity index (χ0n) is 12.7. The van der Waals surface area contributed by atoms with Crippen LogP contribution in [-0.4, -0.2) is 18.0 Å². The topological polar surface area (TPSA) is 29.3 Å². The first-order valence-electron chi connectivity index (χ1n) is 7.37. The van der Waals surface area contributed by atoms with Gasteiger partial charge in [-0.25, -0.2) is 0 Å². The maximum absolute atomic E-state index is 6.39. The van der Waals surface area contributed by atoms with E-state index in [0.717, 1.165) is 17.4 Å². The summed E-state index contributed by atoms with van der Waals surface area (Å²) in [5.74, 6) is 0. The lowest BCUT2D eigenvalue weighted by molar-refractivity contribution is 0.201. The van der Waals surface area contributed by atoms with Gasteiger partial charge < -0.3 is 5.73 Å². The molecule has 0 amide bonds. The molecule has 0 aromatic heterocycles. The van der Waals surface area contributed by atoms with E-state index in [1.54, 1.807) is 0 Å². The van der Waals surface area contributed by atoms with Gasteiger partial charge in [-0.2, -0.15) is 0 Å². The van der Waals surface area contributed by atoms with Gasteiger partial charge in [0.1, 0.15) is 0 Å². The van der Waals surface area contributed by atoms with Gasteiger partial charge in [0.2, 0.25) is 0 Å². The first-order valence-corrected chi connectivity index (χ1v) is 8.16. The zero-order valence-corrected chi connectivity index (χ0v) is 14.3. The fourth-order valence-corrected chi connectivity index (χ4v) is 2.95. The minimum atomic E-state index is 0.125. The summed E-state index contributed by atoms with van der Waals surface area (Å²) in [4.78, 5) is 2.34. The molecular weight excluding hydrogens is 324 g/mol. The summed E-state index contributed by atoms with van der Waals surface area (Å²) in [6.45, 7) is 3.04. The van der Waals surface area contributed by atoms with E-state index < -0.39 is 0 Å². The standard InChI is InChI=1S/C18H23BrN2/c1-3-17(20)18(15-9-11-16(19)12-10-15)21(2)13-14-7-5-4-6-8-14/h4-12,17-18H,3,13,20H2,1-2H3. The Morgan fingerprint density at radius 2 is 1.67 bits per heavy atom.